The standard InChI is InChI=1S/C13H22N4O2/c1-10(2)17(7-8-19-3)9-11-5-4-6-15-12(11)13(14)16-18/h4-6,10,18H,7-9H2,1-3H3,(H2,14,16). The lowest BCUT2D eigenvalue weighted by molar-refractivity contribution is 0.125. The second kappa shape index (κ2) is 7.70. The Morgan fingerprint density at radius 1 is 1.58 bits per heavy atom. The van der Waals surface area contributed by atoms with Crippen LogP contribution in [0, 0.1) is 0 Å². The van der Waals surface area contributed by atoms with E-state index in [1.54, 1.807) is 13.3 Å². The average Bonchev–Trinajstić information content (AvgIpc) is 2.42. The molecule has 6 heteroatoms. The molecule has 19 heavy (non-hydrogen) atoms. The first-order valence-electron chi connectivity index (χ1n) is 6.25. The molecule has 0 spiro atoms. The number of amidine groups is 1. The van der Waals surface area contributed by atoms with Crippen LogP contribution in [-0.2, 0) is 11.3 Å². The Balaban J connectivity index is 2.90. The predicted molar refractivity (Wildman–Crippen MR) is 74.2 cm³/mol. The summed E-state index contributed by atoms with van der Waals surface area (Å²) in [5.41, 5.74) is 7.10. The molecule has 0 fully saturated rings. The van der Waals surface area contributed by atoms with E-state index in [2.05, 4.69) is 28.9 Å². The highest BCUT2D eigenvalue weighted by Crippen LogP contribution is 2.11. The van der Waals surface area contributed by atoms with Crippen molar-refractivity contribution in [3.63, 3.8) is 0 Å². The first-order chi connectivity index (χ1) is 9.10. The van der Waals surface area contributed by atoms with Crippen LogP contribution in [0.5, 0.6) is 0 Å². The van der Waals surface area contributed by atoms with E-state index in [1.165, 1.54) is 0 Å². The van der Waals surface area contributed by atoms with Crippen LogP contribution in [0.4, 0.5) is 0 Å². The number of nitrogens with zero attached hydrogens (tertiary/aromatic N) is 3. The summed E-state index contributed by atoms with van der Waals surface area (Å²) >= 11 is 0. The maximum atomic E-state index is 8.79. The number of ether oxygens (including phenoxy) is 1. The van der Waals surface area contributed by atoms with Gasteiger partial charge in [-0.1, -0.05) is 11.2 Å². The van der Waals surface area contributed by atoms with Crippen LogP contribution >= 0.6 is 0 Å². The molecular formula is C13H22N4O2. The van der Waals surface area contributed by atoms with Gasteiger partial charge in [-0.2, -0.15) is 0 Å². The van der Waals surface area contributed by atoms with Crippen molar-refractivity contribution in [2.75, 3.05) is 20.3 Å². The number of aromatic nitrogens is 1. The molecule has 106 valence electrons. The van der Waals surface area contributed by atoms with Gasteiger partial charge in [-0.15, -0.1) is 0 Å². The maximum absolute atomic E-state index is 8.79. The molecule has 0 saturated carbocycles. The number of hydrogen-bond donors (Lipinski definition) is 2. The predicted octanol–water partition coefficient (Wildman–Crippen LogP) is 1.03. The Kier molecular flexibility index (Phi) is 6.24. The fraction of sp³-hybridized carbons (Fsp3) is 0.538. The third-order valence-corrected chi connectivity index (χ3v) is 2.93. The molecule has 6 nitrogen and oxygen atoms in total. The molecule has 0 atom stereocenters. The van der Waals surface area contributed by atoms with E-state index in [-0.39, 0.29) is 5.84 Å². The minimum Gasteiger partial charge on any atom is -0.409 e. The summed E-state index contributed by atoms with van der Waals surface area (Å²) in [6.45, 7) is 6.40. The van der Waals surface area contributed by atoms with Crippen molar-refractivity contribution < 1.29 is 9.94 Å². The minimum absolute atomic E-state index is 0.0334. The summed E-state index contributed by atoms with van der Waals surface area (Å²) < 4.78 is 5.11. The molecule has 0 aliphatic heterocycles. The molecule has 0 radical (unpaired) electrons. The summed E-state index contributed by atoms with van der Waals surface area (Å²) in [5, 5.41) is 11.8. The van der Waals surface area contributed by atoms with Gasteiger partial charge in [0.1, 0.15) is 5.69 Å². The van der Waals surface area contributed by atoms with Gasteiger partial charge in [0.15, 0.2) is 5.84 Å². The average molecular weight is 266 g/mol. The molecule has 0 saturated heterocycles. The summed E-state index contributed by atoms with van der Waals surface area (Å²) in [6, 6.07) is 4.15. The van der Waals surface area contributed by atoms with Gasteiger partial charge in [-0.25, -0.2) is 0 Å². The zero-order valence-electron chi connectivity index (χ0n) is 11.7. The van der Waals surface area contributed by atoms with Crippen LogP contribution in [-0.4, -0.2) is 47.2 Å². The molecular weight excluding hydrogens is 244 g/mol. The third-order valence-electron chi connectivity index (χ3n) is 2.93. The highest BCUT2D eigenvalue weighted by Gasteiger charge is 2.14. The summed E-state index contributed by atoms with van der Waals surface area (Å²) in [6.07, 6.45) is 1.63. The van der Waals surface area contributed by atoms with Gasteiger partial charge in [-0.05, 0) is 25.5 Å². The van der Waals surface area contributed by atoms with E-state index >= 15 is 0 Å². The highest BCUT2D eigenvalue weighted by molar-refractivity contribution is 5.96. The topological polar surface area (TPSA) is 84.0 Å². The van der Waals surface area contributed by atoms with E-state index in [0.29, 0.717) is 24.9 Å². The first kappa shape index (κ1) is 15.4. The summed E-state index contributed by atoms with van der Waals surface area (Å²) in [4.78, 5) is 6.41. The van der Waals surface area contributed by atoms with Crippen LogP contribution in [0.15, 0.2) is 23.5 Å². The van der Waals surface area contributed by atoms with Gasteiger partial charge in [0.2, 0.25) is 0 Å². The van der Waals surface area contributed by atoms with Crippen LogP contribution in [0.3, 0.4) is 0 Å². The first-order valence-corrected chi connectivity index (χ1v) is 6.25. The Hall–Kier alpha value is -1.66. The summed E-state index contributed by atoms with van der Waals surface area (Å²) in [5.74, 6) is 0.0334. The maximum Gasteiger partial charge on any atom is 0.189 e. The van der Waals surface area contributed by atoms with Crippen molar-refractivity contribution in [1.29, 1.82) is 0 Å². The Morgan fingerprint density at radius 3 is 2.89 bits per heavy atom. The van der Waals surface area contributed by atoms with Crippen molar-refractivity contribution in [3.8, 4) is 0 Å². The molecule has 1 rings (SSSR count). The van der Waals surface area contributed by atoms with Gasteiger partial charge in [0, 0.05) is 32.4 Å². The molecule has 1 aromatic heterocycles. The SMILES string of the molecule is COCCN(Cc1cccnc1/C(N)=N/O)C(C)C. The molecule has 1 aromatic rings. The largest absolute Gasteiger partial charge is 0.409 e. The van der Waals surface area contributed by atoms with Crippen LogP contribution in [0.1, 0.15) is 25.1 Å². The van der Waals surface area contributed by atoms with Gasteiger partial charge in [-0.3, -0.25) is 9.88 Å². The summed E-state index contributed by atoms with van der Waals surface area (Å²) in [7, 11) is 1.68. The fourth-order valence-electron chi connectivity index (χ4n) is 1.79. The zero-order valence-corrected chi connectivity index (χ0v) is 11.7. The van der Waals surface area contributed by atoms with Crippen LogP contribution in [0.2, 0.25) is 0 Å². The molecule has 3 N–H and O–H groups in total. The van der Waals surface area contributed by atoms with Crippen molar-refractivity contribution in [2.24, 2.45) is 10.9 Å². The molecule has 0 unspecified atom stereocenters. The van der Waals surface area contributed by atoms with E-state index in [4.69, 9.17) is 15.7 Å². The lowest BCUT2D eigenvalue weighted by atomic mass is 10.1. The number of rotatable bonds is 7. The quantitative estimate of drug-likeness (QED) is 0.333. The van der Waals surface area contributed by atoms with E-state index < -0.39 is 0 Å². The number of nitrogens with two attached hydrogens (primary N) is 1. The van der Waals surface area contributed by atoms with Gasteiger partial charge in [0.25, 0.3) is 0 Å². The Labute approximate surface area is 113 Å². The molecule has 1 heterocycles. The minimum atomic E-state index is 0.0334. The second-order valence-electron chi connectivity index (χ2n) is 4.55. The van der Waals surface area contributed by atoms with Crippen LogP contribution in [0.25, 0.3) is 0 Å². The molecule has 0 aromatic carbocycles. The number of methoxy groups -OCH3 is 1. The van der Waals surface area contributed by atoms with Crippen molar-refractivity contribution in [1.82, 2.24) is 9.88 Å². The van der Waals surface area contributed by atoms with Crippen molar-refractivity contribution in [3.05, 3.63) is 29.6 Å². The van der Waals surface area contributed by atoms with Crippen molar-refractivity contribution in [2.45, 2.75) is 26.4 Å². The smallest absolute Gasteiger partial charge is 0.189 e. The van der Waals surface area contributed by atoms with E-state index in [9.17, 15) is 0 Å². The number of oxime groups is 1. The zero-order chi connectivity index (χ0) is 14.3. The molecule has 0 aliphatic carbocycles. The number of hydrogen-bond acceptors (Lipinski definition) is 5. The molecule has 0 amide bonds. The third kappa shape index (κ3) is 4.50. The van der Waals surface area contributed by atoms with Crippen LogP contribution < -0.4 is 5.73 Å². The monoisotopic (exact) mass is 266 g/mol. The van der Waals surface area contributed by atoms with Gasteiger partial charge < -0.3 is 15.7 Å². The normalized spacial score (nSPS) is 12.4. The lowest BCUT2D eigenvalue weighted by Crippen LogP contribution is -2.34. The van der Waals surface area contributed by atoms with E-state index in [0.717, 1.165) is 12.1 Å². The Bertz CT molecular complexity index is 421. The molecule has 0 aliphatic rings. The second-order valence-corrected chi connectivity index (χ2v) is 4.55. The van der Waals surface area contributed by atoms with Gasteiger partial charge in [0.05, 0.1) is 6.61 Å². The van der Waals surface area contributed by atoms with E-state index in [1.807, 2.05) is 12.1 Å². The number of pyridine rings is 1. The molecule has 0 bridgehead atoms. The fourth-order valence-corrected chi connectivity index (χ4v) is 1.79. The van der Waals surface area contributed by atoms with Gasteiger partial charge >= 0.3 is 0 Å². The highest BCUT2D eigenvalue weighted by atomic mass is 16.5. The Morgan fingerprint density at radius 2 is 2.32 bits per heavy atom. The van der Waals surface area contributed by atoms with Crippen molar-refractivity contribution >= 4 is 5.84 Å². The lowest BCUT2D eigenvalue weighted by Gasteiger charge is -2.26.